The molecule has 1 rings (SSSR count). The van der Waals surface area contributed by atoms with Crippen LogP contribution in [0.15, 0.2) is 22.7 Å². The average Bonchev–Trinajstić information content (AvgIpc) is 1.94. The summed E-state index contributed by atoms with van der Waals surface area (Å²) in [5, 5.41) is 0. The summed E-state index contributed by atoms with van der Waals surface area (Å²) in [6.07, 6.45) is 8.83. The molecule has 0 unspecified atom stereocenters. The van der Waals surface area contributed by atoms with Crippen LogP contribution in [0.25, 0.3) is 0 Å². The molecule has 1 heteroatoms. The molecule has 0 atom stereocenters. The van der Waals surface area contributed by atoms with Gasteiger partial charge in [0.1, 0.15) is 0 Å². The fourth-order valence-corrected chi connectivity index (χ4v) is 0.997. The van der Waals surface area contributed by atoms with Crippen LogP contribution in [-0.2, 0) is 0 Å². The molecule has 0 aromatic heterocycles. The zero-order valence-corrected chi connectivity index (χ0v) is 7.61. The first-order chi connectivity index (χ1) is 4.39. The summed E-state index contributed by atoms with van der Waals surface area (Å²) in [5.74, 6) is 0. The van der Waals surface area contributed by atoms with Crippen LogP contribution in [0.5, 0.6) is 0 Å². The molecule has 0 aromatic rings. The molecule has 0 aromatic carbocycles. The van der Waals surface area contributed by atoms with Crippen molar-refractivity contribution in [2.45, 2.75) is 26.7 Å². The Kier molecular flexibility index (Phi) is 6.06. The van der Waals surface area contributed by atoms with Gasteiger partial charge in [0.2, 0.25) is 0 Å². The maximum absolute atomic E-state index is 3.36. The standard InChI is InChI=1S/C6H7Br.C2H6/c7-6-4-2-1-3-5-6;1-2/h2,4-5H,1,3H2;1-2H3. The highest BCUT2D eigenvalue weighted by Gasteiger charge is 1.88. The van der Waals surface area contributed by atoms with Gasteiger partial charge in [-0.05, 0) is 12.8 Å². The summed E-state index contributed by atoms with van der Waals surface area (Å²) in [7, 11) is 0. The first kappa shape index (κ1) is 8.96. The quantitative estimate of drug-likeness (QED) is 0.545. The van der Waals surface area contributed by atoms with Crippen molar-refractivity contribution in [3.05, 3.63) is 22.7 Å². The second-order valence-corrected chi connectivity index (χ2v) is 2.48. The van der Waals surface area contributed by atoms with Crippen LogP contribution in [0.3, 0.4) is 0 Å². The van der Waals surface area contributed by atoms with Gasteiger partial charge in [-0.2, -0.15) is 0 Å². The van der Waals surface area contributed by atoms with Crippen LogP contribution in [-0.4, -0.2) is 0 Å². The van der Waals surface area contributed by atoms with Gasteiger partial charge >= 0.3 is 0 Å². The van der Waals surface area contributed by atoms with Crippen molar-refractivity contribution >= 4 is 15.9 Å². The summed E-state index contributed by atoms with van der Waals surface area (Å²) in [6, 6.07) is 0. The first-order valence-electron chi connectivity index (χ1n) is 3.42. The Morgan fingerprint density at radius 2 is 2.00 bits per heavy atom. The minimum atomic E-state index is 1.19. The monoisotopic (exact) mass is 188 g/mol. The molecule has 0 saturated heterocycles. The van der Waals surface area contributed by atoms with E-state index >= 15 is 0 Å². The Bertz CT molecular complexity index is 112. The number of allylic oxidation sites excluding steroid dienone is 4. The molecule has 1 aliphatic rings. The molecule has 0 saturated carbocycles. The average molecular weight is 189 g/mol. The fraction of sp³-hybridized carbons (Fsp3) is 0.500. The SMILES string of the molecule is BrC1=CCCC=C1.CC. The molecule has 1 aliphatic carbocycles. The van der Waals surface area contributed by atoms with Crippen LogP contribution in [0.4, 0.5) is 0 Å². The number of hydrogen-bond donors (Lipinski definition) is 0. The molecule has 0 heterocycles. The van der Waals surface area contributed by atoms with Crippen LogP contribution in [0, 0.1) is 0 Å². The highest BCUT2D eigenvalue weighted by atomic mass is 79.9. The van der Waals surface area contributed by atoms with E-state index in [1.54, 1.807) is 0 Å². The lowest BCUT2D eigenvalue weighted by atomic mass is 10.2. The van der Waals surface area contributed by atoms with E-state index in [4.69, 9.17) is 0 Å². The van der Waals surface area contributed by atoms with Gasteiger partial charge in [-0.25, -0.2) is 0 Å². The molecular weight excluding hydrogens is 176 g/mol. The van der Waals surface area contributed by atoms with Gasteiger partial charge < -0.3 is 0 Å². The third-order valence-electron chi connectivity index (χ3n) is 0.950. The second kappa shape index (κ2) is 6.09. The van der Waals surface area contributed by atoms with Gasteiger partial charge in [0.05, 0.1) is 0 Å². The largest absolute Gasteiger partial charge is 0.0831 e. The maximum Gasteiger partial charge on any atom is 0.0132 e. The normalized spacial score (nSPS) is 15.7. The lowest BCUT2D eigenvalue weighted by Crippen LogP contribution is -1.73. The highest BCUT2D eigenvalue weighted by molar-refractivity contribution is 9.11. The van der Waals surface area contributed by atoms with Crippen molar-refractivity contribution in [2.75, 3.05) is 0 Å². The van der Waals surface area contributed by atoms with Gasteiger partial charge in [0, 0.05) is 4.48 Å². The molecular formula is C8H13Br. The van der Waals surface area contributed by atoms with E-state index in [2.05, 4.69) is 34.2 Å². The number of halogens is 1. The lowest BCUT2D eigenvalue weighted by Gasteiger charge is -1.95. The van der Waals surface area contributed by atoms with Gasteiger partial charge in [0.25, 0.3) is 0 Å². The smallest absolute Gasteiger partial charge is 0.0132 e. The van der Waals surface area contributed by atoms with Crippen LogP contribution >= 0.6 is 15.9 Å². The predicted molar refractivity (Wildman–Crippen MR) is 46.7 cm³/mol. The summed E-state index contributed by atoms with van der Waals surface area (Å²) < 4.78 is 1.22. The van der Waals surface area contributed by atoms with Crippen LogP contribution in [0.2, 0.25) is 0 Å². The minimum Gasteiger partial charge on any atom is -0.0831 e. The summed E-state index contributed by atoms with van der Waals surface area (Å²) >= 11 is 3.36. The van der Waals surface area contributed by atoms with Crippen molar-refractivity contribution in [1.29, 1.82) is 0 Å². The molecule has 0 amide bonds. The van der Waals surface area contributed by atoms with Crippen molar-refractivity contribution in [3.63, 3.8) is 0 Å². The van der Waals surface area contributed by atoms with E-state index in [0.29, 0.717) is 0 Å². The lowest BCUT2D eigenvalue weighted by molar-refractivity contribution is 1.03. The second-order valence-electron chi connectivity index (χ2n) is 1.57. The molecule has 0 N–H and O–H groups in total. The topological polar surface area (TPSA) is 0 Å². The highest BCUT2D eigenvalue weighted by Crippen LogP contribution is 2.13. The van der Waals surface area contributed by atoms with Gasteiger partial charge in [0.15, 0.2) is 0 Å². The minimum absolute atomic E-state index is 1.19. The molecule has 9 heavy (non-hydrogen) atoms. The van der Waals surface area contributed by atoms with Crippen molar-refractivity contribution in [2.24, 2.45) is 0 Å². The Morgan fingerprint density at radius 3 is 2.22 bits per heavy atom. The summed E-state index contributed by atoms with van der Waals surface area (Å²) in [4.78, 5) is 0. The zero-order chi connectivity index (χ0) is 7.11. The van der Waals surface area contributed by atoms with Crippen molar-refractivity contribution in [1.82, 2.24) is 0 Å². The Hall–Kier alpha value is -0.0400. The summed E-state index contributed by atoms with van der Waals surface area (Å²) in [5.41, 5.74) is 0. The van der Waals surface area contributed by atoms with E-state index in [1.807, 2.05) is 13.8 Å². The van der Waals surface area contributed by atoms with Gasteiger partial charge in [-0.1, -0.05) is 48.0 Å². The van der Waals surface area contributed by atoms with Crippen molar-refractivity contribution < 1.29 is 0 Å². The van der Waals surface area contributed by atoms with E-state index in [0.717, 1.165) is 0 Å². The zero-order valence-electron chi connectivity index (χ0n) is 6.02. The van der Waals surface area contributed by atoms with Gasteiger partial charge in [-0.15, -0.1) is 0 Å². The first-order valence-corrected chi connectivity index (χ1v) is 4.21. The summed E-state index contributed by atoms with van der Waals surface area (Å²) in [6.45, 7) is 4.00. The van der Waals surface area contributed by atoms with E-state index in [1.165, 1.54) is 17.3 Å². The number of hydrogen-bond acceptors (Lipinski definition) is 0. The van der Waals surface area contributed by atoms with E-state index in [9.17, 15) is 0 Å². The third kappa shape index (κ3) is 4.46. The molecule has 0 bridgehead atoms. The molecule has 0 spiro atoms. The molecule has 0 aliphatic heterocycles. The Morgan fingerprint density at radius 1 is 1.33 bits per heavy atom. The third-order valence-corrected chi connectivity index (χ3v) is 1.54. The predicted octanol–water partition coefficient (Wildman–Crippen LogP) is 3.64. The molecule has 0 radical (unpaired) electrons. The Balaban J connectivity index is 0.000000291. The Labute approximate surface area is 65.8 Å². The number of rotatable bonds is 0. The van der Waals surface area contributed by atoms with Crippen LogP contribution in [0.1, 0.15) is 26.7 Å². The van der Waals surface area contributed by atoms with Crippen molar-refractivity contribution in [3.8, 4) is 0 Å². The van der Waals surface area contributed by atoms with E-state index in [-0.39, 0.29) is 0 Å². The molecule has 0 fully saturated rings. The maximum atomic E-state index is 3.36. The molecule has 0 nitrogen and oxygen atoms in total. The fourth-order valence-electron chi connectivity index (χ4n) is 0.581. The van der Waals surface area contributed by atoms with E-state index < -0.39 is 0 Å². The molecule has 52 valence electrons. The van der Waals surface area contributed by atoms with Gasteiger partial charge in [-0.3, -0.25) is 0 Å². The van der Waals surface area contributed by atoms with Crippen LogP contribution < -0.4 is 0 Å².